The fourth-order valence-electron chi connectivity index (χ4n) is 3.52. The van der Waals surface area contributed by atoms with Crippen molar-refractivity contribution in [1.29, 1.82) is 0 Å². The molecule has 2 nitrogen and oxygen atoms in total. The lowest BCUT2D eigenvalue weighted by atomic mass is 10.0. The van der Waals surface area contributed by atoms with Gasteiger partial charge in [-0.1, -0.05) is 88.6 Å². The molecule has 0 fully saturated rings. The lowest BCUT2D eigenvalue weighted by Gasteiger charge is -2.38. The first-order chi connectivity index (χ1) is 12.0. The van der Waals surface area contributed by atoms with Crippen molar-refractivity contribution in [1.82, 2.24) is 0 Å². The van der Waals surface area contributed by atoms with Gasteiger partial charge in [-0.15, -0.1) is 0 Å². The molecule has 144 valence electrons. The summed E-state index contributed by atoms with van der Waals surface area (Å²) in [4.78, 5) is 0. The van der Waals surface area contributed by atoms with Gasteiger partial charge in [0.15, 0.2) is 0 Å². The predicted octanol–water partition coefficient (Wildman–Crippen LogP) is 6.11. The minimum Gasteiger partial charge on any atom is -0.382 e. The van der Waals surface area contributed by atoms with Crippen LogP contribution in [-0.2, 0) is 0 Å². The molecule has 0 aromatic heterocycles. The van der Waals surface area contributed by atoms with Crippen LogP contribution >= 0.6 is 0 Å². The average Bonchev–Trinajstić information content (AvgIpc) is 2.62. The number of rotatable bonds is 14. The van der Waals surface area contributed by atoms with Gasteiger partial charge in [0.05, 0.1) is 20.6 Å². The van der Waals surface area contributed by atoms with Gasteiger partial charge in [0, 0.05) is 0 Å². The Hall–Kier alpha value is -0.860. The molecular weight excluding hydrogens is 306 g/mol. The van der Waals surface area contributed by atoms with Crippen molar-refractivity contribution in [3.63, 3.8) is 0 Å². The summed E-state index contributed by atoms with van der Waals surface area (Å²) in [5.41, 5.74) is 1.03. The van der Waals surface area contributed by atoms with E-state index >= 15 is 0 Å². The number of nitrogens with zero attached hydrogens (tertiary/aromatic N) is 1. The number of aliphatic hydroxyl groups excluding tert-OH is 1. The molecule has 0 spiro atoms. The minimum absolute atomic E-state index is 0.209. The summed E-state index contributed by atoms with van der Waals surface area (Å²) < 4.78 is 0.882. The quantitative estimate of drug-likeness (QED) is 0.318. The number of quaternary nitrogens is 1. The summed E-state index contributed by atoms with van der Waals surface area (Å²) in [6, 6.07) is 10.3. The van der Waals surface area contributed by atoms with E-state index in [0.717, 1.165) is 16.6 Å². The number of hydrogen-bond donors (Lipinski definition) is 1. The van der Waals surface area contributed by atoms with Gasteiger partial charge < -0.3 is 9.59 Å². The molecule has 0 saturated heterocycles. The van der Waals surface area contributed by atoms with Gasteiger partial charge in [-0.05, 0) is 25.3 Å². The second-order valence-corrected chi connectivity index (χ2v) is 8.28. The van der Waals surface area contributed by atoms with Crippen molar-refractivity contribution in [3.8, 4) is 0 Å². The van der Waals surface area contributed by atoms with Crippen LogP contribution in [-0.4, -0.2) is 36.3 Å². The topological polar surface area (TPSA) is 20.2 Å². The zero-order valence-electron chi connectivity index (χ0n) is 17.2. The Labute approximate surface area is 156 Å². The smallest absolute Gasteiger partial charge is 0.130 e. The van der Waals surface area contributed by atoms with Crippen LogP contribution < -0.4 is 0 Å². The Kier molecular flexibility index (Phi) is 11.1. The summed E-state index contributed by atoms with van der Waals surface area (Å²) in [5, 5.41) is 10.7. The van der Waals surface area contributed by atoms with E-state index in [-0.39, 0.29) is 12.1 Å². The molecule has 0 heterocycles. The summed E-state index contributed by atoms with van der Waals surface area (Å²) in [6.45, 7) is 5.59. The van der Waals surface area contributed by atoms with Gasteiger partial charge in [0.2, 0.25) is 0 Å². The maximum Gasteiger partial charge on any atom is 0.130 e. The number of aliphatic hydroxyl groups is 1. The molecule has 0 aliphatic carbocycles. The Morgan fingerprint density at radius 2 is 1.28 bits per heavy atom. The highest BCUT2D eigenvalue weighted by Crippen LogP contribution is 2.24. The summed E-state index contributed by atoms with van der Waals surface area (Å²) in [6.07, 6.45) is 13.4. The highest BCUT2D eigenvalue weighted by atomic mass is 16.3. The third kappa shape index (κ3) is 8.87. The molecule has 2 heteroatoms. The highest BCUT2D eigenvalue weighted by Gasteiger charge is 2.30. The molecule has 25 heavy (non-hydrogen) atoms. The van der Waals surface area contributed by atoms with Crippen LogP contribution in [0, 0.1) is 0 Å². The minimum atomic E-state index is -0.390. The van der Waals surface area contributed by atoms with Crippen LogP contribution in [0.1, 0.15) is 89.7 Å². The van der Waals surface area contributed by atoms with E-state index in [1.165, 1.54) is 64.2 Å². The molecule has 0 amide bonds. The summed E-state index contributed by atoms with van der Waals surface area (Å²) in [7, 11) is 4.51. The van der Waals surface area contributed by atoms with Crippen LogP contribution in [0.5, 0.6) is 0 Å². The first-order valence-electron chi connectivity index (χ1n) is 10.5. The number of hydrogen-bond acceptors (Lipinski definition) is 1. The molecule has 0 saturated carbocycles. The molecular formula is C23H42NO+. The Morgan fingerprint density at radius 1 is 0.800 bits per heavy atom. The molecule has 1 N–H and O–H groups in total. The van der Waals surface area contributed by atoms with Gasteiger partial charge in [0.1, 0.15) is 12.1 Å². The van der Waals surface area contributed by atoms with Crippen molar-refractivity contribution >= 4 is 0 Å². The predicted molar refractivity (Wildman–Crippen MR) is 110 cm³/mol. The maximum atomic E-state index is 10.7. The van der Waals surface area contributed by atoms with Crippen molar-refractivity contribution < 1.29 is 9.59 Å². The van der Waals surface area contributed by atoms with Gasteiger partial charge in [-0.2, -0.15) is 0 Å². The molecule has 0 aliphatic rings. The van der Waals surface area contributed by atoms with Gasteiger partial charge in [0.25, 0.3) is 0 Å². The normalized spacial score (nSPS) is 14.4. The standard InChI is InChI=1S/C23H42NO/c1-5-6-7-8-9-10-11-12-13-17-20-24(3,4)21(2)23(25)22-18-15-14-16-19-22/h14-16,18-19,21,23,25H,5-13,17,20H2,1-4H3/q+1/t21-,23-/m0/s1. The van der Waals surface area contributed by atoms with E-state index in [4.69, 9.17) is 0 Å². The summed E-state index contributed by atoms with van der Waals surface area (Å²) in [5.74, 6) is 0. The van der Waals surface area contributed by atoms with E-state index in [2.05, 4.69) is 27.9 Å². The second kappa shape index (κ2) is 12.5. The van der Waals surface area contributed by atoms with Crippen LogP contribution in [0.4, 0.5) is 0 Å². The van der Waals surface area contributed by atoms with E-state index in [1.807, 2.05) is 30.3 Å². The largest absolute Gasteiger partial charge is 0.382 e. The molecule has 0 radical (unpaired) electrons. The molecule has 1 aromatic carbocycles. The van der Waals surface area contributed by atoms with Gasteiger partial charge in [-0.3, -0.25) is 0 Å². The molecule has 0 bridgehead atoms. The Balaban J connectivity index is 2.18. The SMILES string of the molecule is CCCCCCCCCCCC[N+](C)(C)[C@@H](C)[C@H](O)c1ccccc1. The molecule has 0 aliphatic heterocycles. The number of unbranched alkanes of at least 4 members (excludes halogenated alkanes) is 9. The van der Waals surface area contributed by atoms with E-state index in [1.54, 1.807) is 0 Å². The second-order valence-electron chi connectivity index (χ2n) is 8.28. The maximum absolute atomic E-state index is 10.7. The fraction of sp³-hybridized carbons (Fsp3) is 0.739. The first-order valence-corrected chi connectivity index (χ1v) is 10.5. The van der Waals surface area contributed by atoms with Crippen molar-refractivity contribution in [2.24, 2.45) is 0 Å². The van der Waals surface area contributed by atoms with Crippen molar-refractivity contribution in [2.75, 3.05) is 20.6 Å². The van der Waals surface area contributed by atoms with Gasteiger partial charge >= 0.3 is 0 Å². The zero-order valence-corrected chi connectivity index (χ0v) is 17.2. The molecule has 2 atom stereocenters. The Morgan fingerprint density at radius 3 is 1.80 bits per heavy atom. The molecule has 1 rings (SSSR count). The summed E-state index contributed by atoms with van der Waals surface area (Å²) >= 11 is 0. The number of benzene rings is 1. The van der Waals surface area contributed by atoms with Crippen LogP contribution in [0.2, 0.25) is 0 Å². The van der Waals surface area contributed by atoms with Gasteiger partial charge in [-0.25, -0.2) is 0 Å². The Bertz CT molecular complexity index is 429. The third-order valence-electron chi connectivity index (χ3n) is 5.79. The van der Waals surface area contributed by atoms with Crippen LogP contribution in [0.15, 0.2) is 30.3 Å². The van der Waals surface area contributed by atoms with Crippen LogP contribution in [0.3, 0.4) is 0 Å². The third-order valence-corrected chi connectivity index (χ3v) is 5.79. The monoisotopic (exact) mass is 348 g/mol. The van der Waals surface area contributed by atoms with Crippen LogP contribution in [0.25, 0.3) is 0 Å². The molecule has 0 unspecified atom stereocenters. The lowest BCUT2D eigenvalue weighted by molar-refractivity contribution is -0.917. The van der Waals surface area contributed by atoms with E-state index in [0.29, 0.717) is 0 Å². The van der Waals surface area contributed by atoms with Crippen molar-refractivity contribution in [3.05, 3.63) is 35.9 Å². The fourth-order valence-corrected chi connectivity index (χ4v) is 3.52. The molecule has 1 aromatic rings. The lowest BCUT2D eigenvalue weighted by Crippen LogP contribution is -2.50. The van der Waals surface area contributed by atoms with Crippen molar-refractivity contribution in [2.45, 2.75) is 90.2 Å². The van der Waals surface area contributed by atoms with E-state index < -0.39 is 0 Å². The first kappa shape index (κ1) is 22.2. The zero-order chi connectivity index (χ0) is 18.5. The number of likely N-dealkylation sites (N-methyl/N-ethyl adjacent to an activating group) is 1. The average molecular weight is 349 g/mol. The van der Waals surface area contributed by atoms with E-state index in [9.17, 15) is 5.11 Å². The highest BCUT2D eigenvalue weighted by molar-refractivity contribution is 5.18.